The molecule has 0 spiro atoms. The van der Waals surface area contributed by atoms with Crippen LogP contribution in [-0.4, -0.2) is 30.4 Å². The number of rotatable bonds is 7. The predicted molar refractivity (Wildman–Crippen MR) is 104 cm³/mol. The van der Waals surface area contributed by atoms with Gasteiger partial charge in [0.15, 0.2) is 23.6 Å². The van der Waals surface area contributed by atoms with Crippen molar-refractivity contribution in [2.45, 2.75) is 6.92 Å². The lowest BCUT2D eigenvalue weighted by atomic mass is 10.00. The van der Waals surface area contributed by atoms with E-state index in [0.29, 0.717) is 45.5 Å². The molecule has 3 rings (SSSR count). The van der Waals surface area contributed by atoms with Gasteiger partial charge in [0.2, 0.25) is 0 Å². The zero-order valence-electron chi connectivity index (χ0n) is 14.9. The largest absolute Gasteiger partial charge is 0.493 e. The molecule has 0 fully saturated rings. The molecule has 0 aliphatic heterocycles. The summed E-state index contributed by atoms with van der Waals surface area (Å²) in [5.74, 6) is 0.617. The molecule has 0 aliphatic rings. The van der Waals surface area contributed by atoms with Gasteiger partial charge >= 0.3 is 0 Å². The first kappa shape index (κ1) is 18.7. The van der Waals surface area contributed by atoms with Crippen LogP contribution in [0, 0.1) is 0 Å². The number of hydrogen-bond acceptors (Lipinski definition) is 4. The number of nitrogens with zero attached hydrogens (tertiary/aromatic N) is 1. The highest BCUT2D eigenvalue weighted by molar-refractivity contribution is 6.31. The maximum atomic E-state index is 13.4. The van der Waals surface area contributed by atoms with Crippen LogP contribution in [0.4, 0.5) is 0 Å². The molecule has 138 valence electrons. The van der Waals surface area contributed by atoms with Crippen molar-refractivity contribution in [3.05, 3.63) is 76.6 Å². The van der Waals surface area contributed by atoms with Gasteiger partial charge in [-0.15, -0.1) is 0 Å². The van der Waals surface area contributed by atoms with Crippen molar-refractivity contribution in [2.75, 3.05) is 13.7 Å². The van der Waals surface area contributed by atoms with Gasteiger partial charge in [-0.3, -0.25) is 9.59 Å². The molecule has 2 aromatic carbocycles. The van der Waals surface area contributed by atoms with E-state index in [1.165, 1.54) is 7.11 Å². The predicted octanol–water partition coefficient (Wildman–Crippen LogP) is 4.58. The molecule has 0 aliphatic carbocycles. The molecule has 1 heterocycles. The van der Waals surface area contributed by atoms with Gasteiger partial charge in [-0.1, -0.05) is 17.7 Å². The summed E-state index contributed by atoms with van der Waals surface area (Å²) < 4.78 is 12.7. The molecular weight excluding hydrogens is 366 g/mol. The number of halogens is 1. The first-order chi connectivity index (χ1) is 13.1. The third-order valence-electron chi connectivity index (χ3n) is 4.07. The molecule has 0 unspecified atom stereocenters. The normalized spacial score (nSPS) is 10.5. The Morgan fingerprint density at radius 3 is 2.67 bits per heavy atom. The molecule has 0 bridgehead atoms. The van der Waals surface area contributed by atoms with E-state index < -0.39 is 0 Å². The van der Waals surface area contributed by atoms with Crippen molar-refractivity contribution in [3.8, 4) is 17.2 Å². The van der Waals surface area contributed by atoms with E-state index in [-0.39, 0.29) is 5.78 Å². The van der Waals surface area contributed by atoms with Crippen LogP contribution < -0.4 is 9.47 Å². The molecule has 6 heteroatoms. The quantitative estimate of drug-likeness (QED) is 0.442. The SMILES string of the molecule is CCOc1c(OC)cccc1C(=O)c1cc(Cl)ccc1-n1ccc(C=O)c1. The van der Waals surface area contributed by atoms with E-state index in [2.05, 4.69) is 0 Å². The fourth-order valence-electron chi connectivity index (χ4n) is 2.84. The number of ether oxygens (including phenoxy) is 2. The van der Waals surface area contributed by atoms with Crippen LogP contribution in [0.3, 0.4) is 0 Å². The lowest BCUT2D eigenvalue weighted by Crippen LogP contribution is -2.10. The molecule has 0 radical (unpaired) electrons. The minimum atomic E-state index is -0.254. The smallest absolute Gasteiger partial charge is 0.199 e. The lowest BCUT2D eigenvalue weighted by molar-refractivity contribution is 0.103. The van der Waals surface area contributed by atoms with Crippen LogP contribution in [0.15, 0.2) is 54.9 Å². The minimum absolute atomic E-state index is 0.254. The molecule has 0 saturated heterocycles. The minimum Gasteiger partial charge on any atom is -0.493 e. The molecule has 0 atom stereocenters. The molecule has 0 amide bonds. The first-order valence-corrected chi connectivity index (χ1v) is 8.74. The Morgan fingerprint density at radius 1 is 1.19 bits per heavy atom. The van der Waals surface area contributed by atoms with E-state index in [1.54, 1.807) is 59.4 Å². The van der Waals surface area contributed by atoms with Crippen molar-refractivity contribution in [2.24, 2.45) is 0 Å². The van der Waals surface area contributed by atoms with Crippen LogP contribution in [0.25, 0.3) is 5.69 Å². The number of aromatic nitrogens is 1. The van der Waals surface area contributed by atoms with Crippen LogP contribution in [0.5, 0.6) is 11.5 Å². The van der Waals surface area contributed by atoms with Gasteiger partial charge < -0.3 is 14.0 Å². The Balaban J connectivity index is 2.15. The summed E-state index contributed by atoms with van der Waals surface area (Å²) in [6.07, 6.45) is 4.13. The Morgan fingerprint density at radius 2 is 2.00 bits per heavy atom. The second-order valence-corrected chi connectivity index (χ2v) is 6.17. The van der Waals surface area contributed by atoms with Gasteiger partial charge in [0, 0.05) is 28.5 Å². The Bertz CT molecular complexity index is 994. The Labute approximate surface area is 162 Å². The summed E-state index contributed by atoms with van der Waals surface area (Å²) in [5, 5.41) is 0.436. The third-order valence-corrected chi connectivity index (χ3v) is 4.30. The van der Waals surface area contributed by atoms with Gasteiger partial charge in [0.05, 0.1) is 25.0 Å². The summed E-state index contributed by atoms with van der Waals surface area (Å²) >= 11 is 6.15. The van der Waals surface area contributed by atoms with Crippen molar-refractivity contribution >= 4 is 23.7 Å². The summed E-state index contributed by atoms with van der Waals surface area (Å²) in [5.41, 5.74) is 1.90. The number of aldehydes is 1. The third kappa shape index (κ3) is 3.73. The fraction of sp³-hybridized carbons (Fsp3) is 0.143. The summed E-state index contributed by atoms with van der Waals surface area (Å²) in [6, 6.07) is 11.9. The maximum Gasteiger partial charge on any atom is 0.199 e. The molecule has 0 N–H and O–H groups in total. The van der Waals surface area contributed by atoms with E-state index >= 15 is 0 Å². The van der Waals surface area contributed by atoms with Crippen molar-refractivity contribution in [1.82, 2.24) is 4.57 Å². The van der Waals surface area contributed by atoms with E-state index in [0.717, 1.165) is 6.29 Å². The summed E-state index contributed by atoms with van der Waals surface area (Å²) in [7, 11) is 1.53. The average molecular weight is 384 g/mol. The molecule has 3 aromatic rings. The number of hydrogen-bond donors (Lipinski definition) is 0. The van der Waals surface area contributed by atoms with Gasteiger partial charge in [-0.2, -0.15) is 0 Å². The number of methoxy groups -OCH3 is 1. The highest BCUT2D eigenvalue weighted by atomic mass is 35.5. The molecule has 5 nitrogen and oxygen atoms in total. The van der Waals surface area contributed by atoms with Gasteiger partial charge in [-0.05, 0) is 43.3 Å². The highest BCUT2D eigenvalue weighted by Crippen LogP contribution is 2.34. The Kier molecular flexibility index (Phi) is 5.62. The number of carbonyl (C=O) groups excluding carboxylic acids is 2. The number of carbonyl (C=O) groups is 2. The highest BCUT2D eigenvalue weighted by Gasteiger charge is 2.22. The first-order valence-electron chi connectivity index (χ1n) is 8.36. The molecule has 27 heavy (non-hydrogen) atoms. The number of para-hydroxylation sites is 1. The zero-order valence-corrected chi connectivity index (χ0v) is 15.7. The van der Waals surface area contributed by atoms with Crippen LogP contribution in [0.1, 0.15) is 33.2 Å². The topological polar surface area (TPSA) is 57.5 Å². The van der Waals surface area contributed by atoms with E-state index in [4.69, 9.17) is 21.1 Å². The van der Waals surface area contributed by atoms with Crippen molar-refractivity contribution < 1.29 is 19.1 Å². The molecular formula is C21H18ClNO4. The fourth-order valence-corrected chi connectivity index (χ4v) is 3.01. The van der Waals surface area contributed by atoms with Gasteiger partial charge in [0.25, 0.3) is 0 Å². The summed E-state index contributed by atoms with van der Waals surface area (Å²) in [4.78, 5) is 24.4. The van der Waals surface area contributed by atoms with Crippen molar-refractivity contribution in [1.29, 1.82) is 0 Å². The zero-order chi connectivity index (χ0) is 19.4. The number of benzene rings is 2. The molecule has 0 saturated carbocycles. The van der Waals surface area contributed by atoms with Gasteiger partial charge in [-0.25, -0.2) is 0 Å². The average Bonchev–Trinajstić information content (AvgIpc) is 3.17. The standard InChI is InChI=1S/C21H18ClNO4/c1-3-27-21-16(5-4-6-19(21)26-2)20(25)17-11-15(22)7-8-18(17)23-10-9-14(12-23)13-24/h4-13H,3H2,1-2H3. The van der Waals surface area contributed by atoms with E-state index in [9.17, 15) is 9.59 Å². The van der Waals surface area contributed by atoms with Crippen LogP contribution in [-0.2, 0) is 0 Å². The van der Waals surface area contributed by atoms with Crippen LogP contribution in [0.2, 0.25) is 5.02 Å². The second kappa shape index (κ2) is 8.10. The second-order valence-electron chi connectivity index (χ2n) is 5.73. The van der Waals surface area contributed by atoms with Gasteiger partial charge in [0.1, 0.15) is 0 Å². The van der Waals surface area contributed by atoms with E-state index in [1.807, 2.05) is 6.92 Å². The maximum absolute atomic E-state index is 13.4. The lowest BCUT2D eigenvalue weighted by Gasteiger charge is -2.15. The Hall–Kier alpha value is -3.05. The van der Waals surface area contributed by atoms with Crippen molar-refractivity contribution in [3.63, 3.8) is 0 Å². The molecule has 1 aromatic heterocycles. The van der Waals surface area contributed by atoms with Crippen LogP contribution >= 0.6 is 11.6 Å². The number of ketones is 1. The summed E-state index contributed by atoms with van der Waals surface area (Å²) in [6.45, 7) is 2.23. The monoisotopic (exact) mass is 383 g/mol.